The maximum atomic E-state index is 12.9. The number of hydrogen-bond acceptors (Lipinski definition) is 6. The average Bonchev–Trinajstić information content (AvgIpc) is 3.10. The SMILES string of the molecule is CCNc1ccc(S(=O)(=O)N2CCOCC2)cc1NC(=O)c1ccc(Cl)o1. The first-order valence-electron chi connectivity index (χ1n) is 8.44. The van der Waals surface area contributed by atoms with Gasteiger partial charge in [-0.2, -0.15) is 4.31 Å². The van der Waals surface area contributed by atoms with E-state index in [4.69, 9.17) is 20.8 Å². The van der Waals surface area contributed by atoms with Gasteiger partial charge in [0.25, 0.3) is 5.91 Å². The van der Waals surface area contributed by atoms with Crippen molar-refractivity contribution in [3.05, 3.63) is 41.3 Å². The molecule has 1 fully saturated rings. The molecule has 8 nitrogen and oxygen atoms in total. The molecule has 1 saturated heterocycles. The molecule has 10 heteroatoms. The smallest absolute Gasteiger partial charge is 0.291 e. The van der Waals surface area contributed by atoms with Crippen LogP contribution in [0.25, 0.3) is 0 Å². The van der Waals surface area contributed by atoms with Crippen LogP contribution >= 0.6 is 11.6 Å². The van der Waals surface area contributed by atoms with Gasteiger partial charge in [-0.3, -0.25) is 4.79 Å². The number of nitrogens with one attached hydrogen (secondary N) is 2. The van der Waals surface area contributed by atoms with Gasteiger partial charge in [-0.05, 0) is 48.9 Å². The third-order valence-electron chi connectivity index (χ3n) is 4.01. The number of hydrogen-bond donors (Lipinski definition) is 2. The second kappa shape index (κ2) is 8.30. The molecule has 2 heterocycles. The van der Waals surface area contributed by atoms with Crippen LogP contribution in [0, 0.1) is 0 Å². The van der Waals surface area contributed by atoms with Gasteiger partial charge in [-0.25, -0.2) is 8.42 Å². The Morgan fingerprint density at radius 3 is 2.56 bits per heavy atom. The standard InChI is InChI=1S/C17H20ClN3O5S/c1-2-19-13-4-3-12(27(23,24)21-7-9-25-10-8-21)11-14(13)20-17(22)15-5-6-16(18)26-15/h3-6,11,19H,2,7-10H2,1H3,(H,20,22). The molecule has 1 aliphatic heterocycles. The lowest BCUT2D eigenvalue weighted by Crippen LogP contribution is -2.40. The van der Waals surface area contributed by atoms with Crippen LogP contribution in [0.3, 0.4) is 0 Å². The predicted molar refractivity (Wildman–Crippen MR) is 102 cm³/mol. The summed E-state index contributed by atoms with van der Waals surface area (Å²) in [6.45, 7) is 3.81. The quantitative estimate of drug-likeness (QED) is 0.755. The van der Waals surface area contributed by atoms with E-state index >= 15 is 0 Å². The van der Waals surface area contributed by atoms with E-state index < -0.39 is 15.9 Å². The third kappa shape index (κ3) is 4.44. The summed E-state index contributed by atoms with van der Waals surface area (Å²) in [6.07, 6.45) is 0. The van der Waals surface area contributed by atoms with Gasteiger partial charge in [-0.15, -0.1) is 0 Å². The molecule has 1 aromatic heterocycles. The molecule has 1 aliphatic rings. The van der Waals surface area contributed by atoms with Crippen molar-refractivity contribution in [1.29, 1.82) is 0 Å². The number of halogens is 1. The zero-order chi connectivity index (χ0) is 19.4. The van der Waals surface area contributed by atoms with Crippen molar-refractivity contribution in [2.24, 2.45) is 0 Å². The molecule has 0 saturated carbocycles. The normalized spacial score (nSPS) is 15.5. The highest BCUT2D eigenvalue weighted by Gasteiger charge is 2.27. The summed E-state index contributed by atoms with van der Waals surface area (Å²) in [4.78, 5) is 12.5. The first-order valence-corrected chi connectivity index (χ1v) is 10.3. The number of amides is 1. The molecule has 146 valence electrons. The van der Waals surface area contributed by atoms with E-state index in [2.05, 4.69) is 10.6 Å². The fourth-order valence-corrected chi connectivity index (χ4v) is 4.27. The fraction of sp³-hybridized carbons (Fsp3) is 0.353. The minimum Gasteiger partial charge on any atom is -0.440 e. The summed E-state index contributed by atoms with van der Waals surface area (Å²) < 4.78 is 37.4. The summed E-state index contributed by atoms with van der Waals surface area (Å²) in [5.74, 6) is -0.495. The summed E-state index contributed by atoms with van der Waals surface area (Å²) in [5, 5.41) is 5.87. The maximum absolute atomic E-state index is 12.9. The number of rotatable bonds is 6. The Bertz CT molecular complexity index is 922. The van der Waals surface area contributed by atoms with Crippen LogP contribution in [-0.4, -0.2) is 51.5 Å². The second-order valence-electron chi connectivity index (χ2n) is 5.81. The average molecular weight is 414 g/mol. The van der Waals surface area contributed by atoms with Crippen molar-refractivity contribution in [3.63, 3.8) is 0 Å². The number of morpholine rings is 1. The van der Waals surface area contributed by atoms with E-state index in [9.17, 15) is 13.2 Å². The van der Waals surface area contributed by atoms with Gasteiger partial charge < -0.3 is 19.8 Å². The van der Waals surface area contributed by atoms with Crippen molar-refractivity contribution in [3.8, 4) is 0 Å². The third-order valence-corrected chi connectivity index (χ3v) is 6.11. The van der Waals surface area contributed by atoms with Crippen molar-refractivity contribution in [2.45, 2.75) is 11.8 Å². The number of benzene rings is 1. The zero-order valence-corrected chi connectivity index (χ0v) is 16.3. The van der Waals surface area contributed by atoms with Crippen molar-refractivity contribution < 1.29 is 22.4 Å². The van der Waals surface area contributed by atoms with Crippen LogP contribution < -0.4 is 10.6 Å². The number of carbonyl (C=O) groups is 1. The largest absolute Gasteiger partial charge is 0.440 e. The molecular formula is C17H20ClN3O5S. The minimum absolute atomic E-state index is 0.0314. The Kier molecular flexibility index (Phi) is 6.05. The molecule has 0 unspecified atom stereocenters. The Labute approximate surface area is 162 Å². The van der Waals surface area contributed by atoms with Gasteiger partial charge in [-0.1, -0.05) is 0 Å². The molecule has 27 heavy (non-hydrogen) atoms. The number of sulfonamides is 1. The van der Waals surface area contributed by atoms with E-state index in [1.54, 1.807) is 6.07 Å². The van der Waals surface area contributed by atoms with Gasteiger partial charge >= 0.3 is 0 Å². The molecular weight excluding hydrogens is 394 g/mol. The first kappa shape index (κ1) is 19.7. The van der Waals surface area contributed by atoms with E-state index in [1.807, 2.05) is 6.92 Å². The molecule has 1 amide bonds. The summed E-state index contributed by atoms with van der Waals surface area (Å²) in [5.41, 5.74) is 0.938. The monoisotopic (exact) mass is 413 g/mol. The Hall–Kier alpha value is -2.07. The molecule has 2 aromatic rings. The van der Waals surface area contributed by atoms with Crippen LogP contribution in [0.2, 0.25) is 5.22 Å². The van der Waals surface area contributed by atoms with E-state index in [1.165, 1.54) is 28.6 Å². The van der Waals surface area contributed by atoms with E-state index in [0.717, 1.165) is 0 Å². The highest BCUT2D eigenvalue weighted by atomic mass is 35.5. The van der Waals surface area contributed by atoms with Crippen LogP contribution in [0.5, 0.6) is 0 Å². The second-order valence-corrected chi connectivity index (χ2v) is 8.12. The molecule has 0 bridgehead atoms. The summed E-state index contributed by atoms with van der Waals surface area (Å²) in [7, 11) is -3.68. The Balaban J connectivity index is 1.91. The van der Waals surface area contributed by atoms with Crippen LogP contribution in [-0.2, 0) is 14.8 Å². The molecule has 0 aliphatic carbocycles. The topological polar surface area (TPSA) is 101 Å². The molecule has 0 atom stereocenters. The summed E-state index contributed by atoms with van der Waals surface area (Å²) in [6, 6.07) is 7.48. The molecule has 0 radical (unpaired) electrons. The Morgan fingerprint density at radius 2 is 1.93 bits per heavy atom. The fourth-order valence-electron chi connectivity index (χ4n) is 2.69. The predicted octanol–water partition coefficient (Wildman–Crippen LogP) is 2.64. The number of carbonyl (C=O) groups excluding carboxylic acids is 1. The molecule has 1 aromatic carbocycles. The van der Waals surface area contributed by atoms with Gasteiger partial charge in [0.05, 0.1) is 29.5 Å². The van der Waals surface area contributed by atoms with Gasteiger partial charge in [0, 0.05) is 19.6 Å². The first-order chi connectivity index (χ1) is 12.9. The van der Waals surface area contributed by atoms with Crippen molar-refractivity contribution in [1.82, 2.24) is 4.31 Å². The lowest BCUT2D eigenvalue weighted by atomic mass is 10.2. The molecule has 2 N–H and O–H groups in total. The van der Waals surface area contributed by atoms with E-state index in [-0.39, 0.29) is 15.9 Å². The van der Waals surface area contributed by atoms with Crippen molar-refractivity contribution in [2.75, 3.05) is 43.5 Å². The zero-order valence-electron chi connectivity index (χ0n) is 14.7. The lowest BCUT2D eigenvalue weighted by molar-refractivity contribution is 0.0730. The lowest BCUT2D eigenvalue weighted by Gasteiger charge is -2.26. The highest BCUT2D eigenvalue weighted by molar-refractivity contribution is 7.89. The van der Waals surface area contributed by atoms with E-state index in [0.29, 0.717) is 44.2 Å². The van der Waals surface area contributed by atoms with Crippen molar-refractivity contribution >= 4 is 38.9 Å². The molecule has 0 spiro atoms. The highest BCUT2D eigenvalue weighted by Crippen LogP contribution is 2.28. The number of ether oxygens (including phenoxy) is 1. The van der Waals surface area contributed by atoms with Crippen LogP contribution in [0.4, 0.5) is 11.4 Å². The van der Waals surface area contributed by atoms with Gasteiger partial charge in [0.1, 0.15) is 0 Å². The van der Waals surface area contributed by atoms with Crippen LogP contribution in [0.1, 0.15) is 17.5 Å². The summed E-state index contributed by atoms with van der Waals surface area (Å²) >= 11 is 5.71. The van der Waals surface area contributed by atoms with Gasteiger partial charge in [0.2, 0.25) is 10.0 Å². The number of nitrogens with zero attached hydrogens (tertiary/aromatic N) is 1. The maximum Gasteiger partial charge on any atom is 0.291 e. The van der Waals surface area contributed by atoms with Gasteiger partial charge in [0.15, 0.2) is 11.0 Å². The number of furan rings is 1. The number of anilines is 2. The molecule has 3 rings (SSSR count). The minimum atomic E-state index is -3.68. The van der Waals surface area contributed by atoms with Crippen LogP contribution in [0.15, 0.2) is 39.6 Å². The Morgan fingerprint density at radius 1 is 1.19 bits per heavy atom.